The fraction of sp³-hybridized carbons (Fsp3) is 0.269. The van der Waals surface area contributed by atoms with Gasteiger partial charge in [-0.05, 0) is 47.7 Å². The molecule has 0 saturated carbocycles. The third-order valence-electron chi connectivity index (χ3n) is 6.67. The quantitative estimate of drug-likeness (QED) is 0.458. The van der Waals surface area contributed by atoms with Crippen LogP contribution in [0.3, 0.4) is 0 Å². The molecule has 2 aromatic carbocycles. The average molecular weight is 529 g/mol. The van der Waals surface area contributed by atoms with Crippen LogP contribution in [0.15, 0.2) is 63.3 Å². The fourth-order valence-corrected chi connectivity index (χ4v) is 5.09. The van der Waals surface area contributed by atoms with Crippen molar-refractivity contribution in [3.8, 4) is 17.2 Å². The van der Waals surface area contributed by atoms with Crippen LogP contribution >= 0.6 is 0 Å². The Morgan fingerprint density at radius 2 is 1.55 bits per heavy atom. The van der Waals surface area contributed by atoms with Crippen LogP contribution in [0.25, 0.3) is 0 Å². The number of carbonyl (C=O) groups is 1. The first-order valence-corrected chi connectivity index (χ1v) is 11.6. The number of allylic oxidation sites excluding steroid dienone is 2. The molecule has 2 heterocycles. The summed E-state index contributed by atoms with van der Waals surface area (Å²) in [6.45, 7) is 0. The summed E-state index contributed by atoms with van der Waals surface area (Å²) in [6, 6.07) is 10.3. The van der Waals surface area contributed by atoms with Crippen LogP contribution in [0.1, 0.15) is 41.4 Å². The van der Waals surface area contributed by atoms with Gasteiger partial charge in [-0.15, -0.1) is 13.2 Å². The highest BCUT2D eigenvalue weighted by molar-refractivity contribution is 6.01. The fourth-order valence-electron chi connectivity index (χ4n) is 5.09. The summed E-state index contributed by atoms with van der Waals surface area (Å²) < 4.78 is 52.6. The lowest BCUT2D eigenvalue weighted by atomic mass is 9.72. The Morgan fingerprint density at radius 1 is 0.868 bits per heavy atom. The Labute approximate surface area is 213 Å². The number of rotatable bonds is 5. The number of ketones is 1. The molecule has 12 heteroatoms. The van der Waals surface area contributed by atoms with Gasteiger partial charge in [0.1, 0.15) is 11.6 Å². The molecule has 1 aliphatic heterocycles. The number of H-pyrrole nitrogens is 2. The smallest absolute Gasteiger partial charge is 0.493 e. The molecule has 198 valence electrons. The van der Waals surface area contributed by atoms with E-state index in [4.69, 9.17) is 9.47 Å². The third kappa shape index (κ3) is 4.64. The van der Waals surface area contributed by atoms with Crippen molar-refractivity contribution in [2.45, 2.75) is 31.0 Å². The number of ether oxygens (including phenoxy) is 3. The van der Waals surface area contributed by atoms with Crippen molar-refractivity contribution in [3.05, 3.63) is 91.3 Å². The van der Waals surface area contributed by atoms with Crippen LogP contribution in [0, 0.1) is 0 Å². The van der Waals surface area contributed by atoms with E-state index in [2.05, 4.69) is 20.0 Å². The van der Waals surface area contributed by atoms with Gasteiger partial charge in [-0.2, -0.15) is 0 Å². The van der Waals surface area contributed by atoms with E-state index in [0.29, 0.717) is 34.8 Å². The number of fused-ring (bicyclic) bond motifs is 1. The number of Topliss-reactive ketones (excluding diaryl/α,β-unsaturated/α-hetero) is 1. The molecular weight excluding hydrogens is 507 g/mol. The summed E-state index contributed by atoms with van der Waals surface area (Å²) in [4.78, 5) is 43.3. The highest BCUT2D eigenvalue weighted by Gasteiger charge is 2.40. The maximum absolute atomic E-state index is 13.6. The Bertz CT molecular complexity index is 1560. The maximum atomic E-state index is 13.6. The minimum atomic E-state index is -4.87. The Balaban J connectivity index is 1.59. The summed E-state index contributed by atoms with van der Waals surface area (Å²) in [7, 11) is 3.03. The van der Waals surface area contributed by atoms with Crippen molar-refractivity contribution in [3.63, 3.8) is 0 Å². The lowest BCUT2D eigenvalue weighted by Crippen LogP contribution is -2.37. The number of halogens is 3. The van der Waals surface area contributed by atoms with Crippen LogP contribution in [0.4, 0.5) is 19.0 Å². The van der Waals surface area contributed by atoms with Gasteiger partial charge in [0.15, 0.2) is 17.3 Å². The first-order valence-electron chi connectivity index (χ1n) is 11.6. The summed E-state index contributed by atoms with van der Waals surface area (Å²) >= 11 is 0. The monoisotopic (exact) mass is 529 g/mol. The highest BCUT2D eigenvalue weighted by atomic mass is 19.4. The Hall–Kier alpha value is -4.48. The molecule has 3 aromatic rings. The number of benzene rings is 2. The minimum Gasteiger partial charge on any atom is -0.493 e. The molecule has 0 spiro atoms. The van der Waals surface area contributed by atoms with E-state index < -0.39 is 29.3 Å². The van der Waals surface area contributed by atoms with Crippen molar-refractivity contribution in [1.82, 2.24) is 9.97 Å². The Morgan fingerprint density at radius 3 is 2.21 bits per heavy atom. The van der Waals surface area contributed by atoms with Crippen LogP contribution in [-0.2, 0) is 4.79 Å². The molecule has 2 aliphatic rings. The zero-order valence-electron chi connectivity index (χ0n) is 20.2. The van der Waals surface area contributed by atoms with Crippen molar-refractivity contribution >= 4 is 11.6 Å². The summed E-state index contributed by atoms with van der Waals surface area (Å²) in [5, 5.41) is 3.06. The first-order chi connectivity index (χ1) is 18.1. The molecule has 0 bridgehead atoms. The molecule has 1 aromatic heterocycles. The van der Waals surface area contributed by atoms with Crippen LogP contribution in [0.5, 0.6) is 17.2 Å². The molecule has 3 N–H and O–H groups in total. The van der Waals surface area contributed by atoms with Gasteiger partial charge in [0.25, 0.3) is 5.56 Å². The highest BCUT2D eigenvalue weighted by Crippen LogP contribution is 2.47. The number of alkyl halides is 3. The van der Waals surface area contributed by atoms with Gasteiger partial charge in [-0.3, -0.25) is 19.6 Å². The molecule has 0 saturated heterocycles. The minimum absolute atomic E-state index is 0.0887. The molecule has 0 fully saturated rings. The van der Waals surface area contributed by atoms with Gasteiger partial charge in [-0.25, -0.2) is 4.79 Å². The first kappa shape index (κ1) is 25.2. The predicted molar refractivity (Wildman–Crippen MR) is 130 cm³/mol. The number of nitrogens with one attached hydrogen (secondary N) is 3. The van der Waals surface area contributed by atoms with Crippen LogP contribution in [0.2, 0.25) is 0 Å². The van der Waals surface area contributed by atoms with E-state index in [0.717, 1.165) is 17.7 Å². The maximum Gasteiger partial charge on any atom is 0.573 e. The molecule has 1 aliphatic carbocycles. The molecule has 9 nitrogen and oxygen atoms in total. The predicted octanol–water partition coefficient (Wildman–Crippen LogP) is 3.94. The molecule has 0 radical (unpaired) electrons. The van der Waals surface area contributed by atoms with Gasteiger partial charge < -0.3 is 19.5 Å². The number of hydrogen-bond acceptors (Lipinski definition) is 7. The number of carbonyl (C=O) groups excluding carboxylic acids is 1. The second-order valence-electron chi connectivity index (χ2n) is 8.91. The normalized spacial score (nSPS) is 18.8. The second-order valence-corrected chi connectivity index (χ2v) is 8.91. The zero-order chi connectivity index (χ0) is 27.2. The van der Waals surface area contributed by atoms with Gasteiger partial charge in [-0.1, -0.05) is 18.2 Å². The molecule has 0 amide bonds. The van der Waals surface area contributed by atoms with E-state index in [1.54, 1.807) is 12.1 Å². The van der Waals surface area contributed by atoms with Gasteiger partial charge in [0.2, 0.25) is 0 Å². The summed E-state index contributed by atoms with van der Waals surface area (Å²) in [5.41, 5.74) is 0.692. The van der Waals surface area contributed by atoms with Crippen molar-refractivity contribution in [2.24, 2.45) is 0 Å². The second kappa shape index (κ2) is 9.43. The number of aromatic amines is 2. The van der Waals surface area contributed by atoms with Gasteiger partial charge in [0.05, 0.1) is 19.8 Å². The van der Waals surface area contributed by atoms with Crippen molar-refractivity contribution in [1.29, 1.82) is 0 Å². The number of anilines is 1. The van der Waals surface area contributed by atoms with E-state index >= 15 is 0 Å². The molecule has 2 atom stereocenters. The summed E-state index contributed by atoms with van der Waals surface area (Å²) in [6.07, 6.45) is -4.37. The number of hydrogen-bond donors (Lipinski definition) is 3. The topological polar surface area (TPSA) is 123 Å². The van der Waals surface area contributed by atoms with Crippen LogP contribution < -0.4 is 30.8 Å². The number of aromatic nitrogens is 2. The Kier molecular flexibility index (Phi) is 6.25. The molecule has 5 rings (SSSR count). The third-order valence-corrected chi connectivity index (χ3v) is 6.67. The standard InChI is InChI=1S/C26H22F3N3O6/c1-36-18-8-5-13(11-19(18)37-2)14-9-16-21(17(33)10-14)20(22-23(30-16)31-25(35)32-24(22)34)12-3-6-15(7-4-12)38-26(27,28)29/h3-8,11,14,20H,9-10H2,1-2H3,(H3,30,31,32,34,35)/t14-,20+/m0/s1. The number of methoxy groups -OCH3 is 2. The lowest BCUT2D eigenvalue weighted by molar-refractivity contribution is -0.274. The average Bonchev–Trinajstić information content (AvgIpc) is 2.86. The molecule has 0 unspecified atom stereocenters. The zero-order valence-corrected chi connectivity index (χ0v) is 20.2. The van der Waals surface area contributed by atoms with Crippen molar-refractivity contribution < 1.29 is 32.2 Å². The van der Waals surface area contributed by atoms with E-state index in [9.17, 15) is 27.6 Å². The van der Waals surface area contributed by atoms with Gasteiger partial charge in [0, 0.05) is 23.6 Å². The molecular formula is C26H22F3N3O6. The van der Waals surface area contributed by atoms with E-state index in [1.807, 2.05) is 6.07 Å². The van der Waals surface area contributed by atoms with E-state index in [-0.39, 0.29) is 29.5 Å². The van der Waals surface area contributed by atoms with Crippen molar-refractivity contribution in [2.75, 3.05) is 19.5 Å². The summed E-state index contributed by atoms with van der Waals surface area (Å²) in [5.74, 6) is -0.669. The lowest BCUT2D eigenvalue weighted by Gasteiger charge is -2.35. The van der Waals surface area contributed by atoms with E-state index in [1.165, 1.54) is 26.4 Å². The van der Waals surface area contributed by atoms with Crippen LogP contribution in [-0.4, -0.2) is 36.3 Å². The SMILES string of the molecule is COc1ccc([C@@H]2CC(=O)C3=C(C2)Nc2[nH]c(=O)[nH]c(=O)c2[C@@H]3c2ccc(OC(F)(F)F)cc2)cc1OC. The molecule has 38 heavy (non-hydrogen) atoms. The largest absolute Gasteiger partial charge is 0.573 e. The van der Waals surface area contributed by atoms with Gasteiger partial charge >= 0.3 is 12.1 Å².